The summed E-state index contributed by atoms with van der Waals surface area (Å²) in [5.41, 5.74) is 0. The zero-order valence-electron chi connectivity index (χ0n) is 30.9. The molecule has 0 aromatic heterocycles. The lowest BCUT2D eigenvalue weighted by atomic mass is 9.94. The predicted molar refractivity (Wildman–Crippen MR) is 192 cm³/mol. The minimum absolute atomic E-state index is 0.0324. The van der Waals surface area contributed by atoms with E-state index in [1.54, 1.807) is 0 Å². The van der Waals surface area contributed by atoms with Crippen LogP contribution in [0.2, 0.25) is 0 Å². The highest BCUT2D eigenvalue weighted by Gasteiger charge is 2.19. The predicted octanol–water partition coefficient (Wildman–Crippen LogP) is 7.34. The lowest BCUT2D eigenvalue weighted by molar-refractivity contribution is -0.149. The zero-order chi connectivity index (χ0) is 34.3. The minimum atomic E-state index is 0.0324. The summed E-state index contributed by atoms with van der Waals surface area (Å²) in [6.45, 7) is 12.5. The van der Waals surface area contributed by atoms with Gasteiger partial charge in [0.25, 0.3) is 0 Å². The van der Waals surface area contributed by atoms with Gasteiger partial charge in [0.05, 0.1) is 72.0 Å². The Morgan fingerprint density at radius 2 is 0.915 bits per heavy atom. The Kier molecular flexibility index (Phi) is 38.9. The van der Waals surface area contributed by atoms with E-state index in [4.69, 9.17) is 33.9 Å². The van der Waals surface area contributed by atoms with Gasteiger partial charge in [-0.2, -0.15) is 0 Å². The Balaban J connectivity index is 4.17. The maximum Gasteiger partial charge on any atom is 0.308 e. The third-order valence-electron chi connectivity index (χ3n) is 8.54. The van der Waals surface area contributed by atoms with Gasteiger partial charge >= 0.3 is 5.97 Å². The number of aliphatic hydroxyl groups is 2. The fourth-order valence-electron chi connectivity index (χ4n) is 5.61. The lowest BCUT2D eigenvalue weighted by Gasteiger charge is -2.22. The molecule has 0 aromatic rings. The van der Waals surface area contributed by atoms with Crippen LogP contribution < -0.4 is 0 Å². The van der Waals surface area contributed by atoms with E-state index in [2.05, 4.69) is 18.7 Å². The van der Waals surface area contributed by atoms with Gasteiger partial charge in [0.15, 0.2) is 0 Å². The first-order valence-electron chi connectivity index (χ1n) is 19.6. The lowest BCUT2D eigenvalue weighted by Crippen LogP contribution is -2.30. The molecule has 47 heavy (non-hydrogen) atoms. The molecular formula is C38H77NO8. The van der Waals surface area contributed by atoms with Crippen LogP contribution in [0.15, 0.2) is 0 Å². The molecule has 0 aliphatic rings. The number of unbranched alkanes of at least 4 members (excludes halogenated alkanes) is 14. The quantitative estimate of drug-likeness (QED) is 0.0510. The molecule has 0 spiro atoms. The van der Waals surface area contributed by atoms with Crippen molar-refractivity contribution in [3.8, 4) is 0 Å². The highest BCUT2D eigenvalue weighted by molar-refractivity contribution is 5.72. The maximum atomic E-state index is 12.9. The number of esters is 1. The van der Waals surface area contributed by atoms with E-state index < -0.39 is 0 Å². The summed E-state index contributed by atoms with van der Waals surface area (Å²) in [6, 6.07) is 0. The first-order chi connectivity index (χ1) is 23.2. The Morgan fingerprint density at radius 3 is 1.47 bits per heavy atom. The van der Waals surface area contributed by atoms with Gasteiger partial charge in [-0.05, 0) is 51.6 Å². The molecule has 2 N–H and O–H groups in total. The monoisotopic (exact) mass is 676 g/mol. The molecule has 0 aliphatic heterocycles. The maximum absolute atomic E-state index is 12.9. The molecule has 0 amide bonds. The fourth-order valence-corrected chi connectivity index (χ4v) is 5.61. The summed E-state index contributed by atoms with van der Waals surface area (Å²) in [5.74, 6) is 0.127. The van der Waals surface area contributed by atoms with Crippen LogP contribution in [0, 0.1) is 5.92 Å². The summed E-state index contributed by atoms with van der Waals surface area (Å²) in [7, 11) is 0. The van der Waals surface area contributed by atoms with E-state index in [0.29, 0.717) is 59.5 Å². The fraction of sp³-hybridized carbons (Fsp3) is 0.974. The van der Waals surface area contributed by atoms with E-state index in [1.807, 2.05) is 0 Å². The van der Waals surface area contributed by atoms with Gasteiger partial charge in [0.1, 0.15) is 0 Å². The summed E-state index contributed by atoms with van der Waals surface area (Å²) >= 11 is 0. The Morgan fingerprint density at radius 1 is 0.468 bits per heavy atom. The van der Waals surface area contributed by atoms with Crippen LogP contribution in [0.25, 0.3) is 0 Å². The first-order valence-corrected chi connectivity index (χ1v) is 19.6. The van der Waals surface area contributed by atoms with Gasteiger partial charge in [0.2, 0.25) is 0 Å². The van der Waals surface area contributed by atoms with E-state index in [1.165, 1.54) is 51.4 Å². The van der Waals surface area contributed by atoms with Crippen LogP contribution in [0.3, 0.4) is 0 Å². The molecular weight excluding hydrogens is 598 g/mol. The van der Waals surface area contributed by atoms with Crippen molar-refractivity contribution in [2.75, 3.05) is 92.3 Å². The van der Waals surface area contributed by atoms with Crippen LogP contribution in [-0.2, 0) is 28.5 Å². The minimum Gasteiger partial charge on any atom is -0.465 e. The van der Waals surface area contributed by atoms with Gasteiger partial charge in [-0.25, -0.2) is 0 Å². The highest BCUT2D eigenvalue weighted by Crippen LogP contribution is 2.21. The number of hydrogen-bond acceptors (Lipinski definition) is 9. The molecule has 0 saturated carbocycles. The topological polar surface area (TPSA) is 107 Å². The van der Waals surface area contributed by atoms with Gasteiger partial charge in [-0.3, -0.25) is 4.79 Å². The van der Waals surface area contributed by atoms with Crippen LogP contribution in [0.5, 0.6) is 0 Å². The SMILES string of the molecule is CCCCCCCCC(CCCCCC)C(=O)OCCCCCCN(CCCCCCO)CCOCCOCCOCCOCCO. The van der Waals surface area contributed by atoms with Crippen molar-refractivity contribution in [1.82, 2.24) is 4.90 Å². The van der Waals surface area contributed by atoms with Crippen LogP contribution in [0.1, 0.15) is 142 Å². The van der Waals surface area contributed by atoms with Gasteiger partial charge < -0.3 is 38.8 Å². The molecule has 0 fully saturated rings. The number of aliphatic hydroxyl groups excluding tert-OH is 2. The van der Waals surface area contributed by atoms with E-state index in [0.717, 1.165) is 96.7 Å². The number of carbonyl (C=O) groups excluding carboxylic acids is 1. The van der Waals surface area contributed by atoms with Crippen LogP contribution in [-0.4, -0.2) is 113 Å². The highest BCUT2D eigenvalue weighted by atomic mass is 16.6. The number of carbonyl (C=O) groups is 1. The van der Waals surface area contributed by atoms with Crippen molar-refractivity contribution in [3.63, 3.8) is 0 Å². The smallest absolute Gasteiger partial charge is 0.308 e. The molecule has 0 heterocycles. The van der Waals surface area contributed by atoms with Crippen LogP contribution in [0.4, 0.5) is 0 Å². The second kappa shape index (κ2) is 39.6. The summed E-state index contributed by atoms with van der Waals surface area (Å²) in [5, 5.41) is 17.7. The van der Waals surface area contributed by atoms with Gasteiger partial charge in [-0.15, -0.1) is 0 Å². The third-order valence-corrected chi connectivity index (χ3v) is 8.54. The molecule has 0 radical (unpaired) electrons. The van der Waals surface area contributed by atoms with E-state index in [-0.39, 0.29) is 25.1 Å². The standard InChI is InChI=1S/C38H77NO8/c1-3-5-7-9-10-16-22-37(21-15-8-6-4-2)38(42)47-28-20-14-12-18-24-39(23-17-11-13-19-26-40)25-29-43-31-33-45-35-36-46-34-32-44-30-27-41/h37,40-41H,3-36H2,1-2H3. The number of ether oxygens (including phenoxy) is 5. The molecule has 9 nitrogen and oxygen atoms in total. The van der Waals surface area contributed by atoms with Crippen molar-refractivity contribution in [3.05, 3.63) is 0 Å². The Labute approximate surface area is 289 Å². The Bertz CT molecular complexity index is 612. The van der Waals surface area contributed by atoms with Gasteiger partial charge in [-0.1, -0.05) is 104 Å². The van der Waals surface area contributed by atoms with Crippen molar-refractivity contribution in [1.29, 1.82) is 0 Å². The average molecular weight is 676 g/mol. The largest absolute Gasteiger partial charge is 0.465 e. The Hall–Kier alpha value is -0.810. The third kappa shape index (κ3) is 34.8. The number of nitrogens with zero attached hydrogens (tertiary/aromatic N) is 1. The van der Waals surface area contributed by atoms with Crippen molar-refractivity contribution in [2.24, 2.45) is 5.92 Å². The number of hydrogen-bond donors (Lipinski definition) is 2. The molecule has 0 aromatic carbocycles. The van der Waals surface area contributed by atoms with Crippen LogP contribution >= 0.6 is 0 Å². The summed E-state index contributed by atoms with van der Waals surface area (Å²) in [6.07, 6.45) is 22.9. The molecule has 0 rings (SSSR count). The van der Waals surface area contributed by atoms with Gasteiger partial charge in [0, 0.05) is 13.2 Å². The van der Waals surface area contributed by atoms with Crippen molar-refractivity contribution < 1.29 is 38.7 Å². The van der Waals surface area contributed by atoms with E-state index >= 15 is 0 Å². The molecule has 0 bridgehead atoms. The molecule has 282 valence electrons. The molecule has 1 unspecified atom stereocenters. The van der Waals surface area contributed by atoms with Crippen molar-refractivity contribution in [2.45, 2.75) is 142 Å². The second-order valence-corrected chi connectivity index (χ2v) is 12.8. The van der Waals surface area contributed by atoms with Crippen molar-refractivity contribution >= 4 is 5.97 Å². The molecule has 9 heteroatoms. The normalized spacial score (nSPS) is 12.3. The number of rotatable bonds is 40. The molecule has 1 atom stereocenters. The molecule has 0 aliphatic carbocycles. The molecule has 0 saturated heterocycles. The zero-order valence-corrected chi connectivity index (χ0v) is 30.9. The first kappa shape index (κ1) is 46.2. The second-order valence-electron chi connectivity index (χ2n) is 12.8. The average Bonchev–Trinajstić information content (AvgIpc) is 3.08. The summed E-state index contributed by atoms with van der Waals surface area (Å²) in [4.78, 5) is 15.4. The summed E-state index contributed by atoms with van der Waals surface area (Å²) < 4.78 is 27.8. The van der Waals surface area contributed by atoms with E-state index in [9.17, 15) is 4.79 Å².